The van der Waals surface area contributed by atoms with E-state index in [9.17, 15) is 14.9 Å². The van der Waals surface area contributed by atoms with Crippen LogP contribution in [-0.4, -0.2) is 10.7 Å². The molecule has 29 heavy (non-hydrogen) atoms. The highest BCUT2D eigenvalue weighted by Crippen LogP contribution is 2.40. The topological polar surface area (TPSA) is 86.5 Å². The van der Waals surface area contributed by atoms with E-state index in [0.717, 1.165) is 5.76 Å². The van der Waals surface area contributed by atoms with Crippen molar-refractivity contribution < 1.29 is 18.6 Å². The molecule has 0 amide bonds. The van der Waals surface area contributed by atoms with E-state index in [-0.39, 0.29) is 16.9 Å². The average molecular weight is 397 g/mol. The quantitative estimate of drug-likeness (QED) is 0.365. The lowest BCUT2D eigenvalue weighted by atomic mass is 9.87. The summed E-state index contributed by atoms with van der Waals surface area (Å²) in [6.07, 6.45) is 0.727. The second kappa shape index (κ2) is 7.17. The van der Waals surface area contributed by atoms with Crippen LogP contribution in [0.1, 0.15) is 59.5 Å². The Morgan fingerprint density at radius 1 is 1.03 bits per heavy atom. The number of Topliss-reactive ketones (excluding diaryl/α,β-unsaturated/α-hetero) is 1. The van der Waals surface area contributed by atoms with Crippen LogP contribution in [0.3, 0.4) is 0 Å². The number of aryl methyl sites for hydroxylation is 1. The second-order valence-corrected chi connectivity index (χ2v) is 9.42. The molecule has 0 aliphatic rings. The van der Waals surface area contributed by atoms with E-state index in [0.29, 0.717) is 40.9 Å². The lowest BCUT2D eigenvalue weighted by Gasteiger charge is -2.16. The Morgan fingerprint density at radius 3 is 2.28 bits per heavy atom. The number of furan rings is 2. The van der Waals surface area contributed by atoms with Crippen molar-refractivity contribution in [3.05, 3.63) is 52.0 Å². The number of benzene rings is 1. The van der Waals surface area contributed by atoms with Crippen LogP contribution >= 0.6 is 0 Å². The first-order valence-corrected chi connectivity index (χ1v) is 9.72. The molecule has 0 N–H and O–H groups in total. The minimum absolute atomic E-state index is 0.0144. The van der Waals surface area contributed by atoms with Gasteiger partial charge in [-0.15, -0.1) is 0 Å². The first kappa shape index (κ1) is 20.8. The number of hydrogen-bond acceptors (Lipinski definition) is 5. The van der Waals surface area contributed by atoms with Crippen molar-refractivity contribution in [2.75, 3.05) is 0 Å². The molecule has 3 aromatic rings. The Balaban J connectivity index is 2.12. The Bertz CT molecular complexity index is 1070. The van der Waals surface area contributed by atoms with Gasteiger partial charge >= 0.3 is 0 Å². The third-order valence-electron chi connectivity index (χ3n) is 4.96. The molecule has 0 aliphatic heterocycles. The second-order valence-electron chi connectivity index (χ2n) is 9.42. The van der Waals surface area contributed by atoms with Crippen molar-refractivity contribution in [2.45, 2.75) is 59.8 Å². The minimum atomic E-state index is -0.435. The van der Waals surface area contributed by atoms with Gasteiger partial charge in [0.15, 0.2) is 0 Å². The highest BCUT2D eigenvalue weighted by Gasteiger charge is 2.26. The maximum atomic E-state index is 12.4. The van der Waals surface area contributed by atoms with Crippen molar-refractivity contribution in [3.63, 3.8) is 0 Å². The summed E-state index contributed by atoms with van der Waals surface area (Å²) in [7, 11) is 0. The van der Waals surface area contributed by atoms with Crippen LogP contribution < -0.4 is 0 Å². The summed E-state index contributed by atoms with van der Waals surface area (Å²) >= 11 is 0. The van der Waals surface area contributed by atoms with Crippen LogP contribution in [0.4, 0.5) is 5.69 Å². The molecule has 6 heteroatoms. The monoisotopic (exact) mass is 397 g/mol. The Morgan fingerprint density at radius 2 is 1.72 bits per heavy atom. The summed E-state index contributed by atoms with van der Waals surface area (Å²) in [5.41, 5.74) is 0.596. The zero-order valence-electron chi connectivity index (χ0n) is 17.8. The predicted octanol–water partition coefficient (Wildman–Crippen LogP) is 6.45. The number of carbonyl (C=O) groups is 1. The number of nitro groups is 1. The number of fused-ring (bicyclic) bond motifs is 1. The Hall–Kier alpha value is -2.89. The number of nitrogens with zero attached hydrogens (tertiary/aromatic N) is 1. The first-order valence-electron chi connectivity index (χ1n) is 9.72. The van der Waals surface area contributed by atoms with E-state index in [1.807, 2.05) is 32.9 Å². The number of non-ortho nitro benzene ring substituents is 1. The fraction of sp³-hybridized carbons (Fsp3) is 0.435. The van der Waals surface area contributed by atoms with E-state index in [2.05, 4.69) is 20.8 Å². The fourth-order valence-corrected chi connectivity index (χ4v) is 3.17. The number of nitro benzene ring substituents is 1. The highest BCUT2D eigenvalue weighted by molar-refractivity contribution is 5.96. The molecule has 6 nitrogen and oxygen atoms in total. The van der Waals surface area contributed by atoms with E-state index >= 15 is 0 Å². The maximum Gasteiger partial charge on any atom is 0.270 e. The molecule has 0 atom stereocenters. The van der Waals surface area contributed by atoms with Gasteiger partial charge in [-0.25, -0.2) is 0 Å². The summed E-state index contributed by atoms with van der Waals surface area (Å²) in [6, 6.07) is 8.29. The summed E-state index contributed by atoms with van der Waals surface area (Å²) in [4.78, 5) is 23.3. The van der Waals surface area contributed by atoms with Crippen LogP contribution in [0.25, 0.3) is 22.3 Å². The molecule has 2 aromatic heterocycles. The Labute approximate surface area is 170 Å². The molecule has 0 unspecified atom stereocenters. The molecule has 0 radical (unpaired) electrons. The lowest BCUT2D eigenvalue weighted by molar-refractivity contribution is -0.384. The van der Waals surface area contributed by atoms with Crippen LogP contribution in [0.15, 0.2) is 39.2 Å². The molecule has 0 saturated carbocycles. The van der Waals surface area contributed by atoms with Gasteiger partial charge in [-0.1, -0.05) is 41.5 Å². The van der Waals surface area contributed by atoms with E-state index < -0.39 is 10.3 Å². The molecule has 2 heterocycles. The number of carbonyl (C=O) groups excluding carboxylic acids is 1. The van der Waals surface area contributed by atoms with Crippen LogP contribution in [-0.2, 0) is 16.6 Å². The minimum Gasteiger partial charge on any atom is -0.460 e. The molecule has 1 aromatic carbocycles. The van der Waals surface area contributed by atoms with E-state index in [1.165, 1.54) is 12.1 Å². The zero-order valence-corrected chi connectivity index (χ0v) is 17.8. The molecule has 0 bridgehead atoms. The van der Waals surface area contributed by atoms with Crippen molar-refractivity contribution in [3.8, 4) is 11.3 Å². The largest absolute Gasteiger partial charge is 0.460 e. The number of hydrogen-bond donors (Lipinski definition) is 0. The molecule has 154 valence electrons. The van der Waals surface area contributed by atoms with Crippen LogP contribution in [0.2, 0.25) is 0 Å². The summed E-state index contributed by atoms with van der Waals surface area (Å²) in [5.74, 6) is 2.13. The molecule has 0 aliphatic carbocycles. The first-order chi connectivity index (χ1) is 13.4. The van der Waals surface area contributed by atoms with Crippen LogP contribution in [0, 0.1) is 15.5 Å². The van der Waals surface area contributed by atoms with Gasteiger partial charge in [0.05, 0.1) is 10.5 Å². The van der Waals surface area contributed by atoms with Gasteiger partial charge in [-0.05, 0) is 18.2 Å². The normalized spacial score (nSPS) is 12.5. The summed E-state index contributed by atoms with van der Waals surface area (Å²) < 4.78 is 12.1. The van der Waals surface area contributed by atoms with Gasteiger partial charge < -0.3 is 8.83 Å². The van der Waals surface area contributed by atoms with Crippen molar-refractivity contribution in [2.24, 2.45) is 5.41 Å². The third kappa shape index (κ3) is 4.26. The van der Waals surface area contributed by atoms with Gasteiger partial charge in [-0.2, -0.15) is 0 Å². The standard InChI is InChI=1S/C23H27NO5/c1-22(2,3)19(25)11-9-17-21(18-10-12-20(29-18)23(4,5)6)15-13-14(24(26)27)7-8-16(15)28-17/h7-8,10,12-13H,9,11H2,1-6H3. The van der Waals surface area contributed by atoms with E-state index in [4.69, 9.17) is 8.83 Å². The Kier molecular flexibility index (Phi) is 5.15. The molecule has 3 rings (SSSR count). The summed E-state index contributed by atoms with van der Waals surface area (Å²) in [5, 5.41) is 11.9. The number of rotatable bonds is 5. The smallest absolute Gasteiger partial charge is 0.270 e. The molecular formula is C23H27NO5. The van der Waals surface area contributed by atoms with Gasteiger partial charge in [0.25, 0.3) is 5.69 Å². The van der Waals surface area contributed by atoms with Gasteiger partial charge in [0.1, 0.15) is 28.6 Å². The highest BCUT2D eigenvalue weighted by atomic mass is 16.6. The summed E-state index contributed by atoms with van der Waals surface area (Å²) in [6.45, 7) is 11.8. The molecular weight excluding hydrogens is 370 g/mol. The number of ketones is 1. The predicted molar refractivity (Wildman–Crippen MR) is 112 cm³/mol. The van der Waals surface area contributed by atoms with Crippen molar-refractivity contribution >= 4 is 22.4 Å². The average Bonchev–Trinajstić information content (AvgIpc) is 3.21. The molecule has 0 spiro atoms. The van der Waals surface area contributed by atoms with Gasteiger partial charge in [0.2, 0.25) is 0 Å². The third-order valence-corrected chi connectivity index (χ3v) is 4.96. The van der Waals surface area contributed by atoms with Gasteiger partial charge in [0, 0.05) is 41.2 Å². The fourth-order valence-electron chi connectivity index (χ4n) is 3.17. The lowest BCUT2D eigenvalue weighted by Crippen LogP contribution is -2.20. The van der Waals surface area contributed by atoms with Gasteiger partial charge in [-0.3, -0.25) is 14.9 Å². The van der Waals surface area contributed by atoms with E-state index in [1.54, 1.807) is 6.07 Å². The van der Waals surface area contributed by atoms with Crippen molar-refractivity contribution in [1.82, 2.24) is 0 Å². The molecule has 0 saturated heterocycles. The zero-order chi connectivity index (χ0) is 21.6. The molecule has 0 fully saturated rings. The van der Waals surface area contributed by atoms with Crippen LogP contribution in [0.5, 0.6) is 0 Å². The SMILES string of the molecule is CC(C)(C)C(=O)CCc1oc2ccc([N+](=O)[O-])cc2c1-c1ccc(C(C)(C)C)o1. The maximum absolute atomic E-state index is 12.4. The van der Waals surface area contributed by atoms with Crippen molar-refractivity contribution in [1.29, 1.82) is 0 Å².